The predicted molar refractivity (Wildman–Crippen MR) is 110 cm³/mol. The van der Waals surface area contributed by atoms with E-state index in [1.165, 1.54) is 18.2 Å². The minimum Gasteiger partial charge on any atom is -0.488 e. The average molecular weight is 446 g/mol. The van der Waals surface area contributed by atoms with Crippen molar-refractivity contribution < 1.29 is 32.2 Å². The number of hydrazone groups is 1. The zero-order chi connectivity index (χ0) is 22.9. The van der Waals surface area contributed by atoms with Crippen molar-refractivity contribution in [2.24, 2.45) is 5.10 Å². The molecule has 1 aliphatic rings. The maximum atomic E-state index is 13.4. The number of nitrogens with zero attached hydrogens (tertiary/aromatic N) is 2. The van der Waals surface area contributed by atoms with Crippen molar-refractivity contribution in [2.45, 2.75) is 31.6 Å². The first-order chi connectivity index (χ1) is 15.3. The minimum absolute atomic E-state index is 0.0455. The molecule has 0 spiro atoms. The third-order valence-electron chi connectivity index (χ3n) is 5.15. The Morgan fingerprint density at radius 3 is 2.53 bits per heavy atom. The standard InChI is InChI=1S/C23H18F4N2O3/c24-20(25)18-12-23(31,22(26)27)29(28-18)21(30)16-8-3-5-14(11-16)13-32-19-10-4-7-15-6-1-2-9-17(15)19/h1-11,20,22,31H,12-13H2. The topological polar surface area (TPSA) is 62.1 Å². The summed E-state index contributed by atoms with van der Waals surface area (Å²) in [6.45, 7) is 0.0692. The lowest BCUT2D eigenvalue weighted by molar-refractivity contribution is -0.164. The lowest BCUT2D eigenvalue weighted by Crippen LogP contribution is -2.51. The zero-order valence-corrected chi connectivity index (χ0v) is 16.6. The molecule has 1 atom stereocenters. The van der Waals surface area contributed by atoms with Gasteiger partial charge in [0.1, 0.15) is 18.1 Å². The molecule has 1 heterocycles. The smallest absolute Gasteiger partial charge is 0.287 e. The largest absolute Gasteiger partial charge is 0.488 e. The normalized spacial score (nSPS) is 18.5. The van der Waals surface area contributed by atoms with Crippen LogP contribution in [-0.2, 0) is 6.61 Å². The molecule has 5 nitrogen and oxygen atoms in total. The van der Waals surface area contributed by atoms with Gasteiger partial charge >= 0.3 is 0 Å². The van der Waals surface area contributed by atoms with Gasteiger partial charge in [-0.3, -0.25) is 4.79 Å². The molecule has 0 aromatic heterocycles. The van der Waals surface area contributed by atoms with Crippen LogP contribution in [0.15, 0.2) is 71.8 Å². The van der Waals surface area contributed by atoms with Gasteiger partial charge in [0.25, 0.3) is 18.8 Å². The third kappa shape index (κ3) is 4.03. The summed E-state index contributed by atoms with van der Waals surface area (Å²) < 4.78 is 58.7. The van der Waals surface area contributed by atoms with Crippen LogP contribution in [0.3, 0.4) is 0 Å². The summed E-state index contributed by atoms with van der Waals surface area (Å²) >= 11 is 0. The van der Waals surface area contributed by atoms with Crippen LogP contribution in [0, 0.1) is 0 Å². The Kier molecular flexibility index (Phi) is 5.84. The lowest BCUT2D eigenvalue weighted by Gasteiger charge is -2.30. The quantitative estimate of drug-likeness (QED) is 0.552. The summed E-state index contributed by atoms with van der Waals surface area (Å²) in [6, 6.07) is 19.1. The van der Waals surface area contributed by atoms with Crippen LogP contribution < -0.4 is 4.74 Å². The van der Waals surface area contributed by atoms with Crippen LogP contribution in [0.25, 0.3) is 10.8 Å². The number of alkyl halides is 4. The second-order valence-electron chi connectivity index (χ2n) is 7.33. The molecule has 9 heteroatoms. The first-order valence-corrected chi connectivity index (χ1v) is 9.69. The fraction of sp³-hybridized carbons (Fsp3) is 0.217. The highest BCUT2D eigenvalue weighted by Gasteiger charge is 2.53. The van der Waals surface area contributed by atoms with Gasteiger partial charge in [-0.25, -0.2) is 17.6 Å². The summed E-state index contributed by atoms with van der Waals surface area (Å²) in [7, 11) is 0. The highest BCUT2D eigenvalue weighted by Crippen LogP contribution is 2.34. The number of ether oxygens (including phenoxy) is 1. The summed E-state index contributed by atoms with van der Waals surface area (Å²) in [5, 5.41) is 15.4. The van der Waals surface area contributed by atoms with Gasteiger partial charge in [-0.05, 0) is 29.1 Å². The van der Waals surface area contributed by atoms with Gasteiger partial charge < -0.3 is 9.84 Å². The zero-order valence-electron chi connectivity index (χ0n) is 16.6. The van der Waals surface area contributed by atoms with Gasteiger partial charge in [0.15, 0.2) is 0 Å². The van der Waals surface area contributed by atoms with Gasteiger partial charge in [0.05, 0.1) is 0 Å². The van der Waals surface area contributed by atoms with E-state index in [1.54, 1.807) is 12.1 Å². The van der Waals surface area contributed by atoms with Crippen molar-refractivity contribution in [2.75, 3.05) is 0 Å². The number of halogens is 4. The van der Waals surface area contributed by atoms with Gasteiger partial charge in [-0.2, -0.15) is 10.1 Å². The Labute approximate surface area is 180 Å². The Balaban J connectivity index is 1.56. The van der Waals surface area contributed by atoms with Crippen LogP contribution in [0.5, 0.6) is 5.75 Å². The van der Waals surface area contributed by atoms with E-state index in [9.17, 15) is 27.5 Å². The molecule has 32 heavy (non-hydrogen) atoms. The summed E-state index contributed by atoms with van der Waals surface area (Å²) in [5.41, 5.74) is -3.65. The third-order valence-corrected chi connectivity index (χ3v) is 5.15. The molecule has 0 fully saturated rings. The Hall–Kier alpha value is -3.46. The molecule has 0 aliphatic carbocycles. The van der Waals surface area contributed by atoms with E-state index in [1.807, 2.05) is 36.4 Å². The number of aliphatic hydroxyl groups is 1. The molecular formula is C23H18F4N2O3. The van der Waals surface area contributed by atoms with Crippen LogP contribution in [0.2, 0.25) is 0 Å². The Morgan fingerprint density at radius 1 is 1.06 bits per heavy atom. The monoisotopic (exact) mass is 446 g/mol. The molecule has 3 aromatic rings. The summed E-state index contributed by atoms with van der Waals surface area (Å²) in [5.74, 6) is -0.493. The van der Waals surface area contributed by atoms with Crippen LogP contribution >= 0.6 is 0 Å². The fourth-order valence-corrected chi connectivity index (χ4v) is 3.50. The molecule has 0 bridgehead atoms. The minimum atomic E-state index is -3.48. The van der Waals surface area contributed by atoms with Crippen LogP contribution in [-0.4, -0.2) is 40.3 Å². The van der Waals surface area contributed by atoms with Crippen molar-refractivity contribution in [3.8, 4) is 5.75 Å². The number of amides is 1. The van der Waals surface area contributed by atoms with E-state index in [0.29, 0.717) is 11.3 Å². The van der Waals surface area contributed by atoms with Crippen LogP contribution in [0.1, 0.15) is 22.3 Å². The molecule has 0 saturated heterocycles. The van der Waals surface area contributed by atoms with E-state index < -0.39 is 36.6 Å². The maximum absolute atomic E-state index is 13.4. The van der Waals surface area contributed by atoms with Crippen molar-refractivity contribution in [3.63, 3.8) is 0 Å². The van der Waals surface area contributed by atoms with E-state index in [0.717, 1.165) is 10.8 Å². The van der Waals surface area contributed by atoms with E-state index in [2.05, 4.69) is 5.10 Å². The summed E-state index contributed by atoms with van der Waals surface area (Å²) in [6.07, 6.45) is -7.78. The Bertz CT molecular complexity index is 1180. The summed E-state index contributed by atoms with van der Waals surface area (Å²) in [4.78, 5) is 12.8. The number of benzene rings is 3. The number of carbonyl (C=O) groups is 1. The molecule has 1 aliphatic heterocycles. The van der Waals surface area contributed by atoms with Gasteiger partial charge in [0, 0.05) is 17.4 Å². The second kappa shape index (κ2) is 8.58. The van der Waals surface area contributed by atoms with Crippen LogP contribution in [0.4, 0.5) is 17.6 Å². The van der Waals surface area contributed by atoms with Crippen molar-refractivity contribution >= 4 is 22.4 Å². The molecule has 0 radical (unpaired) electrons. The molecule has 3 aromatic carbocycles. The van der Waals surface area contributed by atoms with Crippen molar-refractivity contribution in [1.82, 2.24) is 5.01 Å². The first-order valence-electron chi connectivity index (χ1n) is 9.69. The number of hydrogen-bond donors (Lipinski definition) is 1. The highest BCUT2D eigenvalue weighted by atomic mass is 19.3. The van der Waals surface area contributed by atoms with E-state index in [-0.39, 0.29) is 17.2 Å². The van der Waals surface area contributed by atoms with Crippen molar-refractivity contribution in [1.29, 1.82) is 0 Å². The molecule has 166 valence electrons. The fourth-order valence-electron chi connectivity index (χ4n) is 3.50. The number of carbonyl (C=O) groups excluding carboxylic acids is 1. The lowest BCUT2D eigenvalue weighted by atomic mass is 10.1. The molecule has 1 unspecified atom stereocenters. The second-order valence-corrected chi connectivity index (χ2v) is 7.33. The van der Waals surface area contributed by atoms with Gasteiger partial charge in [0.2, 0.25) is 5.72 Å². The van der Waals surface area contributed by atoms with E-state index >= 15 is 0 Å². The number of fused-ring (bicyclic) bond motifs is 1. The molecule has 1 amide bonds. The van der Waals surface area contributed by atoms with Gasteiger partial charge in [-0.1, -0.05) is 48.5 Å². The number of rotatable bonds is 6. The van der Waals surface area contributed by atoms with Gasteiger partial charge in [-0.15, -0.1) is 0 Å². The maximum Gasteiger partial charge on any atom is 0.287 e. The molecule has 4 rings (SSSR count). The molecule has 0 saturated carbocycles. The van der Waals surface area contributed by atoms with E-state index in [4.69, 9.17) is 4.74 Å². The average Bonchev–Trinajstić information content (AvgIpc) is 3.16. The SMILES string of the molecule is O=C(c1cccc(COc2cccc3ccccc23)c1)N1N=C(C(F)F)CC1(O)C(F)F. The Morgan fingerprint density at radius 2 is 1.78 bits per heavy atom. The predicted octanol–water partition coefficient (Wildman–Crippen LogP) is 4.84. The van der Waals surface area contributed by atoms with Crippen molar-refractivity contribution in [3.05, 3.63) is 77.9 Å². The first kappa shape index (κ1) is 21.8. The highest BCUT2D eigenvalue weighted by molar-refractivity contribution is 5.99. The molecule has 1 N–H and O–H groups in total. The number of hydrogen-bond acceptors (Lipinski definition) is 4. The molecular weight excluding hydrogens is 428 g/mol.